The zero-order chi connectivity index (χ0) is 11.3. The highest BCUT2D eigenvalue weighted by molar-refractivity contribution is 7.86. The fraction of sp³-hybridized carbons (Fsp3) is 0.300. The highest BCUT2D eigenvalue weighted by Crippen LogP contribution is 2.17. The van der Waals surface area contributed by atoms with Crippen molar-refractivity contribution in [2.75, 3.05) is 10.5 Å². The molecule has 0 spiro atoms. The first-order chi connectivity index (χ1) is 7.19. The number of benzene rings is 1. The molecule has 0 amide bonds. The number of aldehydes is 1. The molecule has 5 heteroatoms. The van der Waals surface area contributed by atoms with Crippen molar-refractivity contribution in [3.05, 3.63) is 29.6 Å². The first kappa shape index (κ1) is 11.8. The number of halogens is 1. The molecule has 82 valence electrons. The van der Waals surface area contributed by atoms with E-state index in [4.69, 9.17) is 0 Å². The molecule has 0 fully saturated rings. The van der Waals surface area contributed by atoms with Gasteiger partial charge in [0, 0.05) is 5.75 Å². The summed E-state index contributed by atoms with van der Waals surface area (Å²) in [6, 6.07) is 4.37. The average Bonchev–Trinajstić information content (AvgIpc) is 2.21. The third kappa shape index (κ3) is 3.13. The minimum absolute atomic E-state index is 0.0338. The normalized spacial score (nSPS) is 12.1. The average molecular weight is 229 g/mol. The van der Waals surface area contributed by atoms with Crippen LogP contribution >= 0.6 is 0 Å². The van der Waals surface area contributed by atoms with E-state index in [0.29, 0.717) is 12.0 Å². The van der Waals surface area contributed by atoms with E-state index in [1.54, 1.807) is 0 Å². The summed E-state index contributed by atoms with van der Waals surface area (Å²) in [6.07, 6.45) is 1.18. The zero-order valence-corrected chi connectivity index (χ0v) is 9.14. The number of hydrogen-bond donors (Lipinski definition) is 1. The first-order valence-electron chi connectivity index (χ1n) is 4.57. The maximum Gasteiger partial charge on any atom is 0.157 e. The second kappa shape index (κ2) is 5.60. The smallest absolute Gasteiger partial charge is 0.157 e. The molecule has 0 aliphatic heterocycles. The van der Waals surface area contributed by atoms with Crippen LogP contribution in [0.2, 0.25) is 0 Å². The molecule has 1 unspecified atom stereocenters. The van der Waals surface area contributed by atoms with Crippen molar-refractivity contribution in [3.8, 4) is 0 Å². The number of carbonyl (C=O) groups is 1. The van der Waals surface area contributed by atoms with Gasteiger partial charge in [-0.3, -0.25) is 4.79 Å². The lowest BCUT2D eigenvalue weighted by Gasteiger charge is -2.06. The summed E-state index contributed by atoms with van der Waals surface area (Å²) >= 11 is 0. The minimum Gasteiger partial charge on any atom is -0.302 e. The van der Waals surface area contributed by atoms with Crippen LogP contribution in [0, 0.1) is 5.82 Å². The van der Waals surface area contributed by atoms with Crippen LogP contribution in [0.1, 0.15) is 23.7 Å². The Morgan fingerprint density at radius 2 is 2.27 bits per heavy atom. The lowest BCUT2D eigenvalue weighted by molar-refractivity contribution is 0.112. The van der Waals surface area contributed by atoms with Crippen LogP contribution in [0.3, 0.4) is 0 Å². The standard InChI is InChI=1S/C10H12FNO2S/c1-2-6-15(14)12-9-5-3-4-8(7-13)10(9)11/h3-5,7,12H,2,6H2,1H3. The molecule has 0 heterocycles. The predicted molar refractivity (Wildman–Crippen MR) is 58.7 cm³/mol. The number of nitrogens with one attached hydrogen (secondary N) is 1. The predicted octanol–water partition coefficient (Wildman–Crippen LogP) is 2.12. The zero-order valence-electron chi connectivity index (χ0n) is 8.33. The fourth-order valence-corrected chi connectivity index (χ4v) is 1.95. The molecular formula is C10H12FNO2S. The highest BCUT2D eigenvalue weighted by atomic mass is 32.2. The molecule has 0 aliphatic rings. The monoisotopic (exact) mass is 229 g/mol. The molecule has 1 atom stereocenters. The Hall–Kier alpha value is -1.23. The van der Waals surface area contributed by atoms with E-state index in [2.05, 4.69) is 4.72 Å². The quantitative estimate of drug-likeness (QED) is 0.786. The molecule has 1 aromatic rings. The Labute approximate surface area is 90.3 Å². The van der Waals surface area contributed by atoms with Crippen molar-refractivity contribution >= 4 is 23.0 Å². The molecule has 1 rings (SSSR count). The molecule has 0 aromatic heterocycles. The van der Waals surface area contributed by atoms with Crippen molar-refractivity contribution in [2.24, 2.45) is 0 Å². The summed E-state index contributed by atoms with van der Waals surface area (Å²) < 4.78 is 27.3. The van der Waals surface area contributed by atoms with Gasteiger partial charge in [0.05, 0.1) is 11.3 Å². The first-order valence-corrected chi connectivity index (χ1v) is 5.89. The third-order valence-corrected chi connectivity index (χ3v) is 3.00. The molecule has 1 aromatic carbocycles. The van der Waals surface area contributed by atoms with Crippen LogP contribution in [0.25, 0.3) is 0 Å². The van der Waals surface area contributed by atoms with Crippen molar-refractivity contribution < 1.29 is 13.4 Å². The fourth-order valence-electron chi connectivity index (χ4n) is 1.08. The lowest BCUT2D eigenvalue weighted by atomic mass is 10.2. The van der Waals surface area contributed by atoms with E-state index >= 15 is 0 Å². The second-order valence-corrected chi connectivity index (χ2v) is 4.28. The molecule has 15 heavy (non-hydrogen) atoms. The van der Waals surface area contributed by atoms with E-state index in [0.717, 1.165) is 6.42 Å². The molecule has 1 N–H and O–H groups in total. The Morgan fingerprint density at radius 3 is 2.87 bits per heavy atom. The largest absolute Gasteiger partial charge is 0.302 e. The van der Waals surface area contributed by atoms with Gasteiger partial charge >= 0.3 is 0 Å². The van der Waals surface area contributed by atoms with Crippen molar-refractivity contribution in [1.29, 1.82) is 0 Å². The van der Waals surface area contributed by atoms with Crippen LogP contribution in [-0.2, 0) is 11.0 Å². The Balaban J connectivity index is 2.85. The SMILES string of the molecule is CCCS(=O)Nc1cccc(C=O)c1F. The minimum atomic E-state index is -1.30. The van der Waals surface area contributed by atoms with Gasteiger partial charge in [-0.25, -0.2) is 8.60 Å². The van der Waals surface area contributed by atoms with Crippen LogP contribution in [0.15, 0.2) is 18.2 Å². The molecular weight excluding hydrogens is 217 g/mol. The second-order valence-electron chi connectivity index (χ2n) is 2.98. The van der Waals surface area contributed by atoms with Gasteiger partial charge in [0.1, 0.15) is 11.0 Å². The van der Waals surface area contributed by atoms with E-state index in [9.17, 15) is 13.4 Å². The Kier molecular flexibility index (Phi) is 4.42. The van der Waals surface area contributed by atoms with Gasteiger partial charge in [-0.1, -0.05) is 13.0 Å². The summed E-state index contributed by atoms with van der Waals surface area (Å²) in [5.74, 6) is -0.206. The highest BCUT2D eigenvalue weighted by Gasteiger charge is 2.08. The summed E-state index contributed by atoms with van der Waals surface area (Å²) in [7, 11) is -1.30. The number of hydrogen-bond acceptors (Lipinski definition) is 2. The lowest BCUT2D eigenvalue weighted by Crippen LogP contribution is -2.09. The van der Waals surface area contributed by atoms with Gasteiger partial charge in [0.25, 0.3) is 0 Å². The molecule has 0 aliphatic carbocycles. The number of carbonyl (C=O) groups excluding carboxylic acids is 1. The van der Waals surface area contributed by atoms with Gasteiger partial charge < -0.3 is 4.72 Å². The molecule has 0 saturated carbocycles. The van der Waals surface area contributed by atoms with Crippen molar-refractivity contribution in [3.63, 3.8) is 0 Å². The molecule has 0 radical (unpaired) electrons. The maximum atomic E-state index is 13.4. The number of rotatable bonds is 5. The van der Waals surface area contributed by atoms with E-state index in [1.165, 1.54) is 18.2 Å². The molecule has 3 nitrogen and oxygen atoms in total. The van der Waals surface area contributed by atoms with Crippen LogP contribution in [0.4, 0.5) is 10.1 Å². The number of anilines is 1. The Morgan fingerprint density at radius 1 is 1.53 bits per heavy atom. The van der Waals surface area contributed by atoms with Crippen LogP contribution < -0.4 is 4.72 Å². The molecule has 0 saturated heterocycles. The van der Waals surface area contributed by atoms with E-state index in [-0.39, 0.29) is 11.3 Å². The topological polar surface area (TPSA) is 46.2 Å². The summed E-state index contributed by atoms with van der Waals surface area (Å²) in [4.78, 5) is 10.4. The van der Waals surface area contributed by atoms with E-state index in [1.807, 2.05) is 6.92 Å². The van der Waals surface area contributed by atoms with E-state index < -0.39 is 16.8 Å². The third-order valence-electron chi connectivity index (χ3n) is 1.77. The van der Waals surface area contributed by atoms with Crippen LogP contribution in [0.5, 0.6) is 0 Å². The van der Waals surface area contributed by atoms with Crippen LogP contribution in [-0.4, -0.2) is 16.2 Å². The molecule has 0 bridgehead atoms. The van der Waals surface area contributed by atoms with Gasteiger partial charge in [0.2, 0.25) is 0 Å². The van der Waals surface area contributed by atoms with Gasteiger partial charge in [-0.15, -0.1) is 0 Å². The maximum absolute atomic E-state index is 13.4. The van der Waals surface area contributed by atoms with Gasteiger partial charge in [-0.2, -0.15) is 0 Å². The van der Waals surface area contributed by atoms with Crippen molar-refractivity contribution in [1.82, 2.24) is 0 Å². The summed E-state index contributed by atoms with van der Waals surface area (Å²) in [5.41, 5.74) is 0.0693. The van der Waals surface area contributed by atoms with Crippen molar-refractivity contribution in [2.45, 2.75) is 13.3 Å². The van der Waals surface area contributed by atoms with Gasteiger partial charge in [0.15, 0.2) is 12.1 Å². The summed E-state index contributed by atoms with van der Waals surface area (Å²) in [6.45, 7) is 1.89. The van der Waals surface area contributed by atoms with Gasteiger partial charge in [-0.05, 0) is 18.6 Å². The summed E-state index contributed by atoms with van der Waals surface area (Å²) in [5, 5.41) is 0. The Bertz CT molecular complexity index is 382.